The van der Waals surface area contributed by atoms with Crippen molar-refractivity contribution in [2.75, 3.05) is 0 Å². The van der Waals surface area contributed by atoms with Gasteiger partial charge in [-0.05, 0) is 49.3 Å². The molecule has 0 amide bonds. The largest absolute Gasteiger partial charge is 0.508 e. The van der Waals surface area contributed by atoms with Crippen LogP contribution in [0.2, 0.25) is 0 Å². The summed E-state index contributed by atoms with van der Waals surface area (Å²) in [5.74, 6) is 0.892. The van der Waals surface area contributed by atoms with Crippen LogP contribution in [0.4, 0.5) is 0 Å². The molecule has 0 radical (unpaired) electrons. The molecule has 0 heterocycles. The Morgan fingerprint density at radius 1 is 0.929 bits per heavy atom. The van der Waals surface area contributed by atoms with Crippen molar-refractivity contribution in [1.29, 1.82) is 0 Å². The highest BCUT2D eigenvalue weighted by Crippen LogP contribution is 2.33. The lowest BCUT2D eigenvalue weighted by atomic mass is 9.83. The third-order valence-electron chi connectivity index (χ3n) is 3.06. The van der Waals surface area contributed by atoms with Crippen LogP contribution in [-0.2, 0) is 0 Å². The van der Waals surface area contributed by atoms with Gasteiger partial charge in [-0.25, -0.2) is 0 Å². The van der Waals surface area contributed by atoms with E-state index in [1.54, 1.807) is 12.1 Å². The van der Waals surface area contributed by atoms with Crippen molar-refractivity contribution in [3.05, 3.63) is 29.8 Å². The lowest BCUT2D eigenvalue weighted by Gasteiger charge is -2.25. The van der Waals surface area contributed by atoms with Gasteiger partial charge < -0.3 is 10.2 Å². The van der Waals surface area contributed by atoms with Crippen LogP contribution in [0.1, 0.15) is 37.2 Å². The number of hydrogen-bond donors (Lipinski definition) is 2. The molecule has 0 aromatic heterocycles. The second-order valence-corrected chi connectivity index (χ2v) is 4.10. The second-order valence-electron chi connectivity index (χ2n) is 4.10. The van der Waals surface area contributed by atoms with E-state index >= 15 is 0 Å². The molecule has 0 spiro atoms. The molecule has 0 unspecified atom stereocenters. The number of benzene rings is 1. The zero-order valence-corrected chi connectivity index (χ0v) is 8.19. The summed E-state index contributed by atoms with van der Waals surface area (Å²) in [6.45, 7) is 0. The quantitative estimate of drug-likeness (QED) is 0.717. The van der Waals surface area contributed by atoms with E-state index in [1.165, 1.54) is 5.56 Å². The fraction of sp³-hybridized carbons (Fsp3) is 0.500. The van der Waals surface area contributed by atoms with E-state index in [0.29, 0.717) is 11.7 Å². The molecule has 1 aromatic carbocycles. The van der Waals surface area contributed by atoms with Gasteiger partial charge in [0.1, 0.15) is 5.75 Å². The first-order valence-corrected chi connectivity index (χ1v) is 5.22. The van der Waals surface area contributed by atoms with Crippen molar-refractivity contribution in [3.8, 4) is 5.75 Å². The fourth-order valence-corrected chi connectivity index (χ4v) is 2.16. The maximum absolute atomic E-state index is 9.38. The monoisotopic (exact) mass is 192 g/mol. The van der Waals surface area contributed by atoms with E-state index in [4.69, 9.17) is 5.11 Å². The molecule has 0 aliphatic heterocycles. The number of aliphatic hydroxyl groups is 1. The summed E-state index contributed by atoms with van der Waals surface area (Å²) in [4.78, 5) is 0. The third kappa shape index (κ3) is 2.07. The normalized spacial score (nSPS) is 27.5. The summed E-state index contributed by atoms with van der Waals surface area (Å²) in [6, 6.07) is 7.44. The van der Waals surface area contributed by atoms with E-state index < -0.39 is 0 Å². The van der Waals surface area contributed by atoms with Gasteiger partial charge in [0, 0.05) is 0 Å². The predicted octanol–water partition coefficient (Wildman–Crippen LogP) is 2.41. The lowest BCUT2D eigenvalue weighted by molar-refractivity contribution is 0.122. The third-order valence-corrected chi connectivity index (χ3v) is 3.06. The van der Waals surface area contributed by atoms with Crippen LogP contribution in [-0.4, -0.2) is 16.3 Å². The molecule has 2 N–H and O–H groups in total. The zero-order valence-electron chi connectivity index (χ0n) is 8.19. The predicted molar refractivity (Wildman–Crippen MR) is 55.3 cm³/mol. The first kappa shape index (κ1) is 9.53. The van der Waals surface area contributed by atoms with E-state index in [0.717, 1.165) is 25.7 Å². The van der Waals surface area contributed by atoms with Gasteiger partial charge in [0.2, 0.25) is 0 Å². The topological polar surface area (TPSA) is 40.5 Å². The Hall–Kier alpha value is -1.02. The van der Waals surface area contributed by atoms with Gasteiger partial charge in [-0.2, -0.15) is 0 Å². The summed E-state index contributed by atoms with van der Waals surface area (Å²) in [5.41, 5.74) is 1.29. The Kier molecular flexibility index (Phi) is 2.73. The van der Waals surface area contributed by atoms with E-state index in [9.17, 15) is 5.11 Å². The number of phenols is 1. The molecule has 1 fully saturated rings. The summed E-state index contributed by atoms with van der Waals surface area (Å²) in [7, 11) is 0. The SMILES string of the molecule is Oc1ccc([C@H]2CC[C@H](O)CC2)cc1. The van der Waals surface area contributed by atoms with Crippen LogP contribution in [0.25, 0.3) is 0 Å². The van der Waals surface area contributed by atoms with E-state index in [-0.39, 0.29) is 6.10 Å². The highest BCUT2D eigenvalue weighted by atomic mass is 16.3. The van der Waals surface area contributed by atoms with Crippen LogP contribution in [0, 0.1) is 0 Å². The molecule has 1 saturated carbocycles. The highest BCUT2D eigenvalue weighted by molar-refractivity contribution is 5.28. The Balaban J connectivity index is 2.05. The first-order valence-electron chi connectivity index (χ1n) is 5.22. The number of hydrogen-bond acceptors (Lipinski definition) is 2. The number of aliphatic hydroxyl groups excluding tert-OH is 1. The molecule has 14 heavy (non-hydrogen) atoms. The van der Waals surface area contributed by atoms with Gasteiger partial charge in [0.15, 0.2) is 0 Å². The molecule has 2 nitrogen and oxygen atoms in total. The summed E-state index contributed by atoms with van der Waals surface area (Å²) in [5, 5.41) is 18.5. The van der Waals surface area contributed by atoms with Crippen molar-refractivity contribution >= 4 is 0 Å². The molecule has 0 atom stereocenters. The molecule has 1 aromatic rings. The molecular formula is C12H16O2. The van der Waals surface area contributed by atoms with Crippen LogP contribution >= 0.6 is 0 Å². The van der Waals surface area contributed by atoms with Crippen molar-refractivity contribution in [1.82, 2.24) is 0 Å². The fourth-order valence-electron chi connectivity index (χ4n) is 2.16. The van der Waals surface area contributed by atoms with Gasteiger partial charge in [0.05, 0.1) is 6.10 Å². The Bertz CT molecular complexity index is 284. The minimum absolute atomic E-state index is 0.0941. The van der Waals surface area contributed by atoms with Crippen molar-refractivity contribution in [3.63, 3.8) is 0 Å². The Labute approximate surface area is 84.2 Å². The van der Waals surface area contributed by atoms with Crippen LogP contribution in [0.5, 0.6) is 5.75 Å². The van der Waals surface area contributed by atoms with E-state index in [2.05, 4.69) is 0 Å². The zero-order chi connectivity index (χ0) is 9.97. The molecule has 1 aliphatic carbocycles. The molecular weight excluding hydrogens is 176 g/mol. The maximum atomic E-state index is 9.38. The van der Waals surface area contributed by atoms with Gasteiger partial charge in [-0.1, -0.05) is 12.1 Å². The van der Waals surface area contributed by atoms with Gasteiger partial charge in [-0.3, -0.25) is 0 Å². The summed E-state index contributed by atoms with van der Waals surface area (Å²) >= 11 is 0. The smallest absolute Gasteiger partial charge is 0.115 e. The second kappa shape index (κ2) is 4.01. The van der Waals surface area contributed by atoms with Gasteiger partial charge in [-0.15, -0.1) is 0 Å². The summed E-state index contributed by atoms with van der Waals surface area (Å²) < 4.78 is 0. The minimum atomic E-state index is -0.0941. The number of rotatable bonds is 1. The first-order chi connectivity index (χ1) is 6.75. The van der Waals surface area contributed by atoms with Gasteiger partial charge >= 0.3 is 0 Å². The maximum Gasteiger partial charge on any atom is 0.115 e. The molecule has 2 rings (SSSR count). The van der Waals surface area contributed by atoms with Crippen molar-refractivity contribution < 1.29 is 10.2 Å². The van der Waals surface area contributed by atoms with Crippen LogP contribution < -0.4 is 0 Å². The number of aromatic hydroxyl groups is 1. The van der Waals surface area contributed by atoms with Crippen LogP contribution in [0.15, 0.2) is 24.3 Å². The van der Waals surface area contributed by atoms with Crippen LogP contribution in [0.3, 0.4) is 0 Å². The molecule has 1 aliphatic rings. The van der Waals surface area contributed by atoms with Crippen molar-refractivity contribution in [2.45, 2.75) is 37.7 Å². The van der Waals surface area contributed by atoms with E-state index in [1.807, 2.05) is 12.1 Å². The molecule has 0 saturated heterocycles. The molecule has 0 bridgehead atoms. The molecule has 76 valence electrons. The standard InChI is InChI=1S/C12H16O2/c13-11-5-1-9(2-6-11)10-3-7-12(14)8-4-10/h1-2,5-6,10,12-14H,3-4,7-8H2/t10-,12-. The Morgan fingerprint density at radius 2 is 1.50 bits per heavy atom. The lowest BCUT2D eigenvalue weighted by Crippen LogP contribution is -2.16. The summed E-state index contributed by atoms with van der Waals surface area (Å²) in [6.07, 6.45) is 3.85. The average Bonchev–Trinajstić information content (AvgIpc) is 2.21. The number of phenolic OH excluding ortho intramolecular Hbond substituents is 1. The minimum Gasteiger partial charge on any atom is -0.508 e. The highest BCUT2D eigenvalue weighted by Gasteiger charge is 2.20. The molecule has 2 heteroatoms. The van der Waals surface area contributed by atoms with Gasteiger partial charge in [0.25, 0.3) is 0 Å². The average molecular weight is 192 g/mol. The Morgan fingerprint density at radius 3 is 2.07 bits per heavy atom. The van der Waals surface area contributed by atoms with Crippen molar-refractivity contribution in [2.24, 2.45) is 0 Å².